The van der Waals surface area contributed by atoms with Crippen molar-refractivity contribution >= 4 is 41.7 Å². The highest BCUT2D eigenvalue weighted by atomic mass is 16.6. The summed E-state index contributed by atoms with van der Waals surface area (Å²) in [6.07, 6.45) is -13.5. The smallest absolute Gasteiger partial charge is 0.408 e. The molecule has 2 saturated carbocycles. The largest absolute Gasteiger partial charge is 0.481 e. The molecule has 1 saturated heterocycles. The summed E-state index contributed by atoms with van der Waals surface area (Å²) in [6, 6.07) is 14.0. The minimum absolute atomic E-state index is 0.0334. The predicted octanol–water partition coefficient (Wildman–Crippen LogP) is 3.68. The molecule has 4 aliphatic rings. The third kappa shape index (κ3) is 9.00. The van der Waals surface area contributed by atoms with Crippen molar-refractivity contribution in [2.75, 3.05) is 6.61 Å². The van der Waals surface area contributed by atoms with Crippen LogP contribution in [0, 0.1) is 16.7 Å². The lowest BCUT2D eigenvalue weighted by Gasteiger charge is -2.67. The first-order chi connectivity index (χ1) is 30.3. The summed E-state index contributed by atoms with van der Waals surface area (Å²) in [7, 11) is 0. The van der Waals surface area contributed by atoms with Gasteiger partial charge in [0.1, 0.15) is 41.7 Å². The van der Waals surface area contributed by atoms with E-state index in [9.17, 15) is 49.2 Å². The van der Waals surface area contributed by atoms with Crippen molar-refractivity contribution in [2.45, 2.75) is 141 Å². The third-order valence-corrected chi connectivity index (χ3v) is 13.3. The number of carbonyl (C=O) groups is 7. The molecule has 0 spiro atoms. The summed E-state index contributed by atoms with van der Waals surface area (Å²) >= 11 is 0. The predicted molar refractivity (Wildman–Crippen MR) is 224 cm³/mol. The molecular weight excluding hydrogens is 851 g/mol. The van der Waals surface area contributed by atoms with Crippen LogP contribution in [0.25, 0.3) is 0 Å². The van der Waals surface area contributed by atoms with Crippen molar-refractivity contribution in [3.63, 3.8) is 0 Å². The van der Waals surface area contributed by atoms with E-state index in [2.05, 4.69) is 5.32 Å². The Kier molecular flexibility index (Phi) is 13.5. The normalized spacial score (nSPS) is 31.2. The fraction of sp³-hybridized carbons (Fsp3) is 0.553. The number of aliphatic hydroxyl groups excluding tert-OH is 2. The number of carboxylic acids is 1. The molecule has 11 unspecified atom stereocenters. The first-order valence-corrected chi connectivity index (χ1v) is 21.4. The molecule has 18 nitrogen and oxygen atoms in total. The number of ether oxygens (including phenoxy) is 6. The Morgan fingerprint density at radius 3 is 2.09 bits per heavy atom. The number of aliphatic hydroxyl groups is 3. The molecule has 1 amide bonds. The summed E-state index contributed by atoms with van der Waals surface area (Å²) < 4.78 is 35.5. The number of fused-ring (bicyclic) bond motifs is 5. The Balaban J connectivity index is 1.52. The van der Waals surface area contributed by atoms with Crippen LogP contribution in [0.5, 0.6) is 0 Å². The van der Waals surface area contributed by atoms with E-state index in [0.717, 1.165) is 6.92 Å². The van der Waals surface area contributed by atoms with Gasteiger partial charge in [0.15, 0.2) is 11.4 Å². The van der Waals surface area contributed by atoms with Gasteiger partial charge >= 0.3 is 35.9 Å². The molecule has 1 aliphatic heterocycles. The summed E-state index contributed by atoms with van der Waals surface area (Å²) in [4.78, 5) is 95.2. The number of Topliss-reactive ketones (excluding diaryl/α,β-unsaturated/α-hetero) is 1. The molecule has 3 aliphatic carbocycles. The molecule has 5 N–H and O–H groups in total. The lowest BCUT2D eigenvalue weighted by molar-refractivity contribution is -0.346. The minimum Gasteiger partial charge on any atom is -0.481 e. The van der Waals surface area contributed by atoms with Gasteiger partial charge in [0.25, 0.3) is 0 Å². The highest BCUT2D eigenvalue weighted by molar-refractivity contribution is 5.94. The quantitative estimate of drug-likeness (QED) is 0.116. The van der Waals surface area contributed by atoms with Gasteiger partial charge in [0, 0.05) is 25.2 Å². The van der Waals surface area contributed by atoms with Crippen LogP contribution in [0.2, 0.25) is 0 Å². The number of hydrogen-bond donors (Lipinski definition) is 5. The SMILES string of the molecule is CC(=O)OC12COC1CC(O)C1(C)C(=O)C(O)C3=C(C)C(OC(=O)C(OC(=O)CCC(=O)O)C(NC(=O)OC(C)(C)C)c4ccccc4)CC(O)(C(OC(=O)c4ccccc4)C21)C3(C)C. The number of aliphatic carboxylic acids is 1. The maximum absolute atomic E-state index is 15.1. The Morgan fingerprint density at radius 2 is 1.54 bits per heavy atom. The van der Waals surface area contributed by atoms with Crippen LogP contribution in [-0.4, -0.2) is 122 Å². The van der Waals surface area contributed by atoms with Crippen LogP contribution in [0.3, 0.4) is 0 Å². The van der Waals surface area contributed by atoms with E-state index < -0.39 is 137 Å². The second kappa shape index (κ2) is 17.9. The fourth-order valence-corrected chi connectivity index (χ4v) is 10.1. The van der Waals surface area contributed by atoms with Crippen LogP contribution in [0.15, 0.2) is 71.8 Å². The molecule has 2 aromatic rings. The lowest BCUT2D eigenvalue weighted by Crippen LogP contribution is -2.81. The molecule has 0 aromatic heterocycles. The monoisotopic (exact) mass is 907 g/mol. The van der Waals surface area contributed by atoms with Crippen molar-refractivity contribution in [1.82, 2.24) is 5.32 Å². The van der Waals surface area contributed by atoms with Crippen LogP contribution >= 0.6 is 0 Å². The number of benzene rings is 2. The second-order valence-electron chi connectivity index (χ2n) is 18.9. The molecule has 6 rings (SSSR count). The van der Waals surface area contributed by atoms with Crippen LogP contribution < -0.4 is 5.32 Å². The summed E-state index contributed by atoms with van der Waals surface area (Å²) in [5, 5.41) is 49.8. The zero-order valence-electron chi connectivity index (χ0n) is 37.5. The number of carbonyl (C=O) groups excluding carboxylic acids is 6. The van der Waals surface area contributed by atoms with E-state index >= 15 is 4.79 Å². The van der Waals surface area contributed by atoms with E-state index in [1.165, 1.54) is 52.0 Å². The van der Waals surface area contributed by atoms with Crippen LogP contribution in [-0.2, 0) is 52.4 Å². The van der Waals surface area contributed by atoms with E-state index in [1.807, 2.05) is 0 Å². The van der Waals surface area contributed by atoms with Crippen LogP contribution in [0.1, 0.15) is 103 Å². The van der Waals surface area contributed by atoms with Crippen molar-refractivity contribution in [1.29, 1.82) is 0 Å². The first kappa shape index (κ1) is 48.8. The highest BCUT2D eigenvalue weighted by Crippen LogP contribution is 2.64. The molecule has 18 heteroatoms. The highest BCUT2D eigenvalue weighted by Gasteiger charge is 2.78. The van der Waals surface area contributed by atoms with Crippen molar-refractivity contribution in [3.05, 3.63) is 82.9 Å². The zero-order valence-corrected chi connectivity index (χ0v) is 37.5. The molecule has 2 aromatic carbocycles. The Bertz CT molecular complexity index is 2240. The summed E-state index contributed by atoms with van der Waals surface area (Å²) in [5.41, 5.74) is -8.90. The number of hydrogen-bond acceptors (Lipinski definition) is 16. The van der Waals surface area contributed by atoms with Crippen molar-refractivity contribution in [3.8, 4) is 0 Å². The number of esters is 4. The summed E-state index contributed by atoms with van der Waals surface area (Å²) in [5.74, 6) is -8.16. The summed E-state index contributed by atoms with van der Waals surface area (Å²) in [6.45, 7) is 11.4. The zero-order chi connectivity index (χ0) is 48.0. The van der Waals surface area contributed by atoms with Crippen LogP contribution in [0.4, 0.5) is 4.79 Å². The molecular formula is C47H57NO17. The first-order valence-electron chi connectivity index (χ1n) is 21.4. The van der Waals surface area contributed by atoms with Gasteiger partial charge in [-0.1, -0.05) is 62.4 Å². The van der Waals surface area contributed by atoms with Gasteiger partial charge in [-0.2, -0.15) is 0 Å². The second-order valence-corrected chi connectivity index (χ2v) is 18.9. The molecule has 352 valence electrons. The average Bonchev–Trinajstić information content (AvgIpc) is 3.22. The molecule has 2 bridgehead atoms. The molecule has 0 radical (unpaired) electrons. The van der Waals surface area contributed by atoms with Gasteiger partial charge in [-0.15, -0.1) is 0 Å². The van der Waals surface area contributed by atoms with Gasteiger partial charge in [-0.3, -0.25) is 19.2 Å². The standard InChI is InChI=1S/C47H57NO17/c1-24-28(61-41(57)36(62-32(53)20-19-31(51)52)34(26-15-11-9-12-16-26)48-42(58)65-43(3,4)5)22-47(59)39(63-40(56)27-17-13-10-14-18-27)37-45(8,38(55)35(54)33(24)44(47,6)7)29(50)21-30-46(37,23-60-30)64-25(2)49/h9-18,28-30,34-37,39,50,54,59H,19-23H2,1-8H3,(H,48,58)(H,51,52). The molecule has 3 fully saturated rings. The number of carboxylic acid groups (broad SMARTS) is 1. The Labute approximate surface area is 375 Å². The van der Waals surface area contributed by atoms with E-state index in [0.29, 0.717) is 0 Å². The van der Waals surface area contributed by atoms with Crippen molar-refractivity contribution < 1.29 is 82.4 Å². The molecule has 65 heavy (non-hydrogen) atoms. The van der Waals surface area contributed by atoms with Crippen molar-refractivity contribution in [2.24, 2.45) is 16.7 Å². The van der Waals surface area contributed by atoms with Gasteiger partial charge in [0.05, 0.1) is 42.4 Å². The molecule has 1 heterocycles. The van der Waals surface area contributed by atoms with E-state index in [-0.39, 0.29) is 35.3 Å². The number of ketones is 1. The fourth-order valence-electron chi connectivity index (χ4n) is 10.1. The third-order valence-electron chi connectivity index (χ3n) is 13.3. The lowest BCUT2D eigenvalue weighted by atomic mass is 9.44. The van der Waals surface area contributed by atoms with Gasteiger partial charge in [0.2, 0.25) is 6.10 Å². The Hall–Kier alpha value is -5.69. The van der Waals surface area contributed by atoms with E-state index in [4.69, 9.17) is 28.4 Å². The number of nitrogens with one attached hydrogen (secondary N) is 1. The maximum atomic E-state index is 15.1. The Morgan fingerprint density at radius 1 is 0.923 bits per heavy atom. The number of alkyl carbamates (subject to hydrolysis) is 1. The maximum Gasteiger partial charge on any atom is 0.408 e. The van der Waals surface area contributed by atoms with Gasteiger partial charge in [-0.05, 0) is 63.5 Å². The van der Waals surface area contributed by atoms with E-state index in [1.54, 1.807) is 57.2 Å². The molecule has 11 atom stereocenters. The minimum atomic E-state index is -2.46. The van der Waals surface area contributed by atoms with Gasteiger partial charge < -0.3 is 54.2 Å². The number of rotatable bonds is 12. The van der Waals surface area contributed by atoms with Gasteiger partial charge in [-0.25, -0.2) is 14.4 Å². The average molecular weight is 908 g/mol. The topological polar surface area (TPSA) is 268 Å². The number of amides is 1.